The number of hydrogen-bond donors (Lipinski definition) is 1. The summed E-state index contributed by atoms with van der Waals surface area (Å²) in [5.41, 5.74) is 12.6. The molecule has 2 aromatic rings. The van der Waals surface area contributed by atoms with Crippen molar-refractivity contribution in [3.8, 4) is 11.1 Å². The molecule has 1 aromatic carbocycles. The highest BCUT2D eigenvalue weighted by atomic mass is 14.7. The first kappa shape index (κ1) is 10.7. The predicted molar refractivity (Wildman–Crippen MR) is 68.3 cm³/mol. The number of hydrogen-bond acceptors (Lipinski definition) is 2. The van der Waals surface area contributed by atoms with Gasteiger partial charge in [0.05, 0.1) is 11.9 Å². The van der Waals surface area contributed by atoms with Crippen LogP contribution in [-0.2, 0) is 0 Å². The number of benzene rings is 1. The molecule has 1 heterocycles. The molecule has 0 saturated carbocycles. The molecule has 0 radical (unpaired) electrons. The highest BCUT2D eigenvalue weighted by Gasteiger charge is 2.07. The van der Waals surface area contributed by atoms with Gasteiger partial charge in [0.1, 0.15) is 0 Å². The molecule has 0 amide bonds. The Morgan fingerprint density at radius 2 is 1.75 bits per heavy atom. The van der Waals surface area contributed by atoms with E-state index in [0.717, 1.165) is 16.8 Å². The van der Waals surface area contributed by atoms with Gasteiger partial charge in [0.15, 0.2) is 0 Å². The van der Waals surface area contributed by atoms with Gasteiger partial charge in [-0.25, -0.2) is 0 Å². The number of pyridine rings is 1. The van der Waals surface area contributed by atoms with E-state index in [1.807, 2.05) is 13.1 Å². The highest BCUT2D eigenvalue weighted by Crippen LogP contribution is 2.29. The number of nitrogens with zero attached hydrogens (tertiary/aromatic N) is 1. The second-order valence-corrected chi connectivity index (χ2v) is 4.22. The average molecular weight is 212 g/mol. The van der Waals surface area contributed by atoms with Crippen molar-refractivity contribution in [1.29, 1.82) is 0 Å². The van der Waals surface area contributed by atoms with Gasteiger partial charge in [0.25, 0.3) is 0 Å². The molecule has 1 aromatic heterocycles. The molecule has 2 heteroatoms. The van der Waals surface area contributed by atoms with E-state index in [0.29, 0.717) is 0 Å². The van der Waals surface area contributed by atoms with E-state index in [-0.39, 0.29) is 0 Å². The molecule has 0 spiro atoms. The molecule has 0 unspecified atom stereocenters. The lowest BCUT2D eigenvalue weighted by Crippen LogP contribution is -1.95. The number of aryl methyl sites for hydroxylation is 2. The van der Waals surface area contributed by atoms with E-state index in [9.17, 15) is 0 Å². The van der Waals surface area contributed by atoms with Gasteiger partial charge in [-0.05, 0) is 37.5 Å². The number of aromatic nitrogens is 1. The minimum atomic E-state index is 0.749. The van der Waals surface area contributed by atoms with Gasteiger partial charge in [0, 0.05) is 11.8 Å². The molecule has 0 aliphatic heterocycles. The normalized spacial score (nSPS) is 10.4. The zero-order chi connectivity index (χ0) is 11.7. The standard InChI is InChI=1S/C14H16N2/c1-9-4-5-10(2)12(6-9)13-7-16-8-14(15)11(13)3/h4-8H,15H2,1-3H3. The Labute approximate surface area is 96.1 Å². The molecule has 82 valence electrons. The van der Waals surface area contributed by atoms with Gasteiger partial charge in [-0.1, -0.05) is 23.8 Å². The van der Waals surface area contributed by atoms with Crippen LogP contribution in [0.2, 0.25) is 0 Å². The lowest BCUT2D eigenvalue weighted by molar-refractivity contribution is 1.28. The van der Waals surface area contributed by atoms with Gasteiger partial charge in [-0.15, -0.1) is 0 Å². The minimum absolute atomic E-state index is 0.749. The maximum atomic E-state index is 5.88. The van der Waals surface area contributed by atoms with Crippen molar-refractivity contribution >= 4 is 5.69 Å². The summed E-state index contributed by atoms with van der Waals surface area (Å²) in [6, 6.07) is 6.43. The van der Waals surface area contributed by atoms with Crippen molar-refractivity contribution < 1.29 is 0 Å². The van der Waals surface area contributed by atoms with Crippen LogP contribution in [0, 0.1) is 20.8 Å². The summed E-state index contributed by atoms with van der Waals surface area (Å²) < 4.78 is 0. The predicted octanol–water partition coefficient (Wildman–Crippen LogP) is 3.26. The Morgan fingerprint density at radius 1 is 1.00 bits per heavy atom. The Kier molecular flexibility index (Phi) is 2.65. The Bertz CT molecular complexity index is 530. The number of anilines is 1. The van der Waals surface area contributed by atoms with E-state index >= 15 is 0 Å². The second-order valence-electron chi connectivity index (χ2n) is 4.22. The summed E-state index contributed by atoms with van der Waals surface area (Å²) >= 11 is 0. The van der Waals surface area contributed by atoms with E-state index in [4.69, 9.17) is 5.73 Å². The van der Waals surface area contributed by atoms with Crippen LogP contribution in [0.25, 0.3) is 11.1 Å². The molecule has 0 aliphatic rings. The van der Waals surface area contributed by atoms with Crippen molar-refractivity contribution in [2.45, 2.75) is 20.8 Å². The van der Waals surface area contributed by atoms with Crippen LogP contribution < -0.4 is 5.73 Å². The van der Waals surface area contributed by atoms with Gasteiger partial charge >= 0.3 is 0 Å². The molecule has 2 N–H and O–H groups in total. The third-order valence-electron chi connectivity index (χ3n) is 2.94. The van der Waals surface area contributed by atoms with Crippen molar-refractivity contribution in [3.63, 3.8) is 0 Å². The van der Waals surface area contributed by atoms with E-state index in [2.05, 4.69) is 37.0 Å². The largest absolute Gasteiger partial charge is 0.397 e. The molecule has 0 aliphatic carbocycles. The summed E-state index contributed by atoms with van der Waals surface area (Å²) in [7, 11) is 0. The zero-order valence-electron chi connectivity index (χ0n) is 9.91. The topological polar surface area (TPSA) is 38.9 Å². The fourth-order valence-electron chi connectivity index (χ4n) is 1.84. The molecular formula is C14H16N2. The monoisotopic (exact) mass is 212 g/mol. The molecular weight excluding hydrogens is 196 g/mol. The Morgan fingerprint density at radius 3 is 2.50 bits per heavy atom. The van der Waals surface area contributed by atoms with Gasteiger partial charge < -0.3 is 5.73 Å². The van der Waals surface area contributed by atoms with Crippen molar-refractivity contribution in [3.05, 3.63) is 47.3 Å². The van der Waals surface area contributed by atoms with Crippen molar-refractivity contribution in [2.75, 3.05) is 5.73 Å². The Hall–Kier alpha value is -1.83. The molecule has 0 bridgehead atoms. The maximum Gasteiger partial charge on any atom is 0.0536 e. The summed E-state index contributed by atoms with van der Waals surface area (Å²) in [5, 5.41) is 0. The van der Waals surface area contributed by atoms with E-state index in [1.54, 1.807) is 6.20 Å². The smallest absolute Gasteiger partial charge is 0.0536 e. The van der Waals surface area contributed by atoms with Crippen LogP contribution in [0.4, 0.5) is 5.69 Å². The molecule has 0 saturated heterocycles. The Balaban J connectivity index is 2.67. The summed E-state index contributed by atoms with van der Waals surface area (Å²) in [5.74, 6) is 0. The highest BCUT2D eigenvalue weighted by molar-refractivity contribution is 5.74. The third kappa shape index (κ3) is 1.78. The zero-order valence-corrected chi connectivity index (χ0v) is 9.91. The average Bonchev–Trinajstić information content (AvgIpc) is 2.26. The van der Waals surface area contributed by atoms with Crippen LogP contribution >= 0.6 is 0 Å². The van der Waals surface area contributed by atoms with Crippen LogP contribution in [0.1, 0.15) is 16.7 Å². The lowest BCUT2D eigenvalue weighted by atomic mass is 9.96. The van der Waals surface area contributed by atoms with Crippen molar-refractivity contribution in [1.82, 2.24) is 4.98 Å². The number of nitrogens with two attached hydrogens (primary N) is 1. The van der Waals surface area contributed by atoms with Gasteiger partial charge in [-0.2, -0.15) is 0 Å². The third-order valence-corrected chi connectivity index (χ3v) is 2.94. The number of nitrogen functional groups attached to an aromatic ring is 1. The fraction of sp³-hybridized carbons (Fsp3) is 0.214. The van der Waals surface area contributed by atoms with Crippen LogP contribution in [0.3, 0.4) is 0 Å². The SMILES string of the molecule is Cc1ccc(C)c(-c2cncc(N)c2C)c1. The summed E-state index contributed by atoms with van der Waals surface area (Å²) in [4.78, 5) is 4.17. The van der Waals surface area contributed by atoms with E-state index in [1.165, 1.54) is 16.7 Å². The number of rotatable bonds is 1. The van der Waals surface area contributed by atoms with E-state index < -0.39 is 0 Å². The van der Waals surface area contributed by atoms with Crippen LogP contribution in [0.5, 0.6) is 0 Å². The summed E-state index contributed by atoms with van der Waals surface area (Å²) in [6.45, 7) is 6.24. The lowest BCUT2D eigenvalue weighted by Gasteiger charge is -2.11. The molecule has 0 fully saturated rings. The fourth-order valence-corrected chi connectivity index (χ4v) is 1.84. The van der Waals surface area contributed by atoms with Gasteiger partial charge in [0.2, 0.25) is 0 Å². The first-order valence-corrected chi connectivity index (χ1v) is 5.37. The van der Waals surface area contributed by atoms with Gasteiger partial charge in [-0.3, -0.25) is 4.98 Å². The van der Waals surface area contributed by atoms with Crippen molar-refractivity contribution in [2.24, 2.45) is 0 Å². The maximum absolute atomic E-state index is 5.88. The molecule has 0 atom stereocenters. The first-order valence-electron chi connectivity index (χ1n) is 5.37. The minimum Gasteiger partial charge on any atom is -0.397 e. The molecule has 2 nitrogen and oxygen atoms in total. The quantitative estimate of drug-likeness (QED) is 0.788. The van der Waals surface area contributed by atoms with Crippen LogP contribution in [-0.4, -0.2) is 4.98 Å². The van der Waals surface area contributed by atoms with Crippen LogP contribution in [0.15, 0.2) is 30.6 Å². The molecule has 2 rings (SSSR count). The first-order chi connectivity index (χ1) is 7.59. The second kappa shape index (κ2) is 3.97. The molecule has 16 heavy (non-hydrogen) atoms. The summed E-state index contributed by atoms with van der Waals surface area (Å²) in [6.07, 6.45) is 3.58.